The molecule has 0 aliphatic heterocycles. The predicted molar refractivity (Wildman–Crippen MR) is 105 cm³/mol. The van der Waals surface area contributed by atoms with Gasteiger partial charge in [-0.2, -0.15) is 5.10 Å². The number of furan rings is 1. The standard InChI is InChI=1S/C19H19N7O/c1-25(2)15-7-5-14(6-8-15)10-23-24-18-17-19(21-12-20-18)26(13-22-17)11-16-4-3-9-27-16/h3-10,12-13H,11H2,1-2H3,(H,20,21,24). The number of nitrogens with one attached hydrogen (secondary N) is 1. The number of nitrogens with zero attached hydrogens (tertiary/aromatic N) is 6. The van der Waals surface area contributed by atoms with E-state index in [1.165, 1.54) is 6.33 Å². The van der Waals surface area contributed by atoms with E-state index in [9.17, 15) is 0 Å². The fourth-order valence-corrected chi connectivity index (χ4v) is 2.68. The number of hydrogen-bond acceptors (Lipinski definition) is 7. The first-order valence-corrected chi connectivity index (χ1v) is 8.45. The average Bonchev–Trinajstić information content (AvgIpc) is 3.33. The lowest BCUT2D eigenvalue weighted by Crippen LogP contribution is -2.08. The summed E-state index contributed by atoms with van der Waals surface area (Å²) in [6, 6.07) is 11.9. The monoisotopic (exact) mass is 361 g/mol. The summed E-state index contributed by atoms with van der Waals surface area (Å²) in [5.41, 5.74) is 6.45. The van der Waals surface area contributed by atoms with E-state index in [0.717, 1.165) is 22.7 Å². The molecule has 1 N–H and O–H groups in total. The van der Waals surface area contributed by atoms with Gasteiger partial charge in [0.1, 0.15) is 12.1 Å². The summed E-state index contributed by atoms with van der Waals surface area (Å²) in [6.07, 6.45) is 6.60. The normalized spacial score (nSPS) is 11.3. The van der Waals surface area contributed by atoms with Gasteiger partial charge < -0.3 is 13.9 Å². The highest BCUT2D eigenvalue weighted by Gasteiger charge is 2.10. The number of rotatable bonds is 6. The van der Waals surface area contributed by atoms with Crippen LogP contribution >= 0.6 is 0 Å². The number of hydrazone groups is 1. The Balaban J connectivity index is 1.51. The minimum absolute atomic E-state index is 0.555. The van der Waals surface area contributed by atoms with E-state index >= 15 is 0 Å². The molecule has 0 fully saturated rings. The molecule has 27 heavy (non-hydrogen) atoms. The van der Waals surface area contributed by atoms with Crippen molar-refractivity contribution in [2.24, 2.45) is 5.10 Å². The fraction of sp³-hybridized carbons (Fsp3) is 0.158. The first-order valence-electron chi connectivity index (χ1n) is 8.45. The molecular weight excluding hydrogens is 342 g/mol. The summed E-state index contributed by atoms with van der Waals surface area (Å²) >= 11 is 0. The second-order valence-electron chi connectivity index (χ2n) is 6.20. The lowest BCUT2D eigenvalue weighted by molar-refractivity contribution is 0.495. The molecule has 3 heterocycles. The van der Waals surface area contributed by atoms with Gasteiger partial charge >= 0.3 is 0 Å². The molecule has 3 aromatic heterocycles. The van der Waals surface area contributed by atoms with Crippen LogP contribution in [0.1, 0.15) is 11.3 Å². The molecule has 136 valence electrons. The molecule has 1 aromatic carbocycles. The van der Waals surface area contributed by atoms with Crippen molar-refractivity contribution in [1.29, 1.82) is 0 Å². The Bertz CT molecular complexity index is 1050. The van der Waals surface area contributed by atoms with Gasteiger partial charge in [-0.3, -0.25) is 5.43 Å². The Hall–Kier alpha value is -3.68. The van der Waals surface area contributed by atoms with Crippen molar-refractivity contribution in [3.63, 3.8) is 0 Å². The van der Waals surface area contributed by atoms with E-state index in [4.69, 9.17) is 4.42 Å². The van der Waals surface area contributed by atoms with E-state index in [1.54, 1.807) is 18.8 Å². The fourth-order valence-electron chi connectivity index (χ4n) is 2.68. The Morgan fingerprint density at radius 2 is 2.00 bits per heavy atom. The smallest absolute Gasteiger partial charge is 0.177 e. The largest absolute Gasteiger partial charge is 0.467 e. The Morgan fingerprint density at radius 1 is 1.15 bits per heavy atom. The molecule has 0 atom stereocenters. The SMILES string of the molecule is CN(C)c1ccc(C=NNc2ncnc3c2ncn3Cc2ccco2)cc1. The first kappa shape index (κ1) is 16.8. The third-order valence-corrected chi connectivity index (χ3v) is 4.10. The molecule has 8 heteroatoms. The summed E-state index contributed by atoms with van der Waals surface area (Å²) in [4.78, 5) is 15.0. The van der Waals surface area contributed by atoms with Crippen LogP contribution in [0.2, 0.25) is 0 Å². The Morgan fingerprint density at radius 3 is 2.74 bits per heavy atom. The van der Waals surface area contributed by atoms with Gasteiger partial charge in [0.15, 0.2) is 17.0 Å². The van der Waals surface area contributed by atoms with Crippen LogP contribution in [0.5, 0.6) is 0 Å². The van der Waals surface area contributed by atoms with Crippen molar-refractivity contribution < 1.29 is 4.42 Å². The van der Waals surface area contributed by atoms with Crippen LogP contribution in [0.4, 0.5) is 11.5 Å². The molecular formula is C19H19N7O. The van der Waals surface area contributed by atoms with Crippen LogP contribution in [-0.4, -0.2) is 39.8 Å². The van der Waals surface area contributed by atoms with E-state index in [1.807, 2.05) is 55.1 Å². The second kappa shape index (κ2) is 7.28. The van der Waals surface area contributed by atoms with Crippen molar-refractivity contribution in [3.8, 4) is 0 Å². The van der Waals surface area contributed by atoms with Crippen molar-refractivity contribution in [1.82, 2.24) is 19.5 Å². The number of aromatic nitrogens is 4. The summed E-state index contributed by atoms with van der Waals surface area (Å²) in [5.74, 6) is 1.39. The summed E-state index contributed by atoms with van der Waals surface area (Å²) in [5, 5.41) is 4.27. The minimum atomic E-state index is 0.555. The molecule has 0 saturated heterocycles. The maximum atomic E-state index is 5.39. The van der Waals surface area contributed by atoms with Crippen molar-refractivity contribution in [2.45, 2.75) is 6.54 Å². The van der Waals surface area contributed by atoms with Crippen LogP contribution in [0, 0.1) is 0 Å². The van der Waals surface area contributed by atoms with Gasteiger partial charge in [-0.05, 0) is 29.8 Å². The lowest BCUT2D eigenvalue weighted by atomic mass is 10.2. The lowest BCUT2D eigenvalue weighted by Gasteiger charge is -2.11. The van der Waals surface area contributed by atoms with Gasteiger partial charge in [-0.15, -0.1) is 0 Å². The van der Waals surface area contributed by atoms with Gasteiger partial charge in [-0.1, -0.05) is 12.1 Å². The molecule has 0 amide bonds. The maximum Gasteiger partial charge on any atom is 0.177 e. The van der Waals surface area contributed by atoms with Crippen LogP contribution in [-0.2, 0) is 6.54 Å². The van der Waals surface area contributed by atoms with Crippen molar-refractivity contribution in [2.75, 3.05) is 24.4 Å². The molecule has 4 rings (SSSR count). The minimum Gasteiger partial charge on any atom is -0.467 e. The highest BCUT2D eigenvalue weighted by molar-refractivity contribution is 5.85. The van der Waals surface area contributed by atoms with Crippen LogP contribution < -0.4 is 10.3 Å². The van der Waals surface area contributed by atoms with Crippen LogP contribution in [0.15, 0.2) is 64.8 Å². The molecule has 8 nitrogen and oxygen atoms in total. The molecule has 0 radical (unpaired) electrons. The van der Waals surface area contributed by atoms with Crippen molar-refractivity contribution in [3.05, 3.63) is 66.6 Å². The van der Waals surface area contributed by atoms with Gasteiger partial charge in [0.05, 0.1) is 25.3 Å². The van der Waals surface area contributed by atoms with E-state index < -0.39 is 0 Å². The zero-order valence-electron chi connectivity index (χ0n) is 15.1. The van der Waals surface area contributed by atoms with Crippen molar-refractivity contribution >= 4 is 28.9 Å². The third-order valence-electron chi connectivity index (χ3n) is 4.10. The molecule has 0 spiro atoms. The van der Waals surface area contributed by atoms with E-state index in [2.05, 4.69) is 30.4 Å². The molecule has 0 bridgehead atoms. The van der Waals surface area contributed by atoms with Crippen LogP contribution in [0.25, 0.3) is 11.2 Å². The first-order chi connectivity index (χ1) is 13.2. The number of hydrogen-bond donors (Lipinski definition) is 1. The summed E-state index contributed by atoms with van der Waals surface area (Å²) in [7, 11) is 4.02. The zero-order valence-corrected chi connectivity index (χ0v) is 15.1. The number of imidazole rings is 1. The van der Waals surface area contributed by atoms with Gasteiger partial charge in [-0.25, -0.2) is 15.0 Å². The average molecular weight is 361 g/mol. The number of fused-ring (bicyclic) bond motifs is 1. The van der Waals surface area contributed by atoms with Gasteiger partial charge in [0.25, 0.3) is 0 Å². The Labute approximate surface area is 156 Å². The number of benzene rings is 1. The summed E-state index contributed by atoms with van der Waals surface area (Å²) in [6.45, 7) is 0.557. The molecule has 4 aromatic rings. The highest BCUT2D eigenvalue weighted by atomic mass is 16.3. The Kier molecular flexibility index (Phi) is 4.52. The molecule has 0 aliphatic rings. The highest BCUT2D eigenvalue weighted by Crippen LogP contribution is 2.18. The second-order valence-corrected chi connectivity index (χ2v) is 6.20. The summed E-state index contributed by atoms with van der Waals surface area (Å²) < 4.78 is 7.30. The van der Waals surface area contributed by atoms with Crippen LogP contribution in [0.3, 0.4) is 0 Å². The van der Waals surface area contributed by atoms with Gasteiger partial charge in [0, 0.05) is 19.8 Å². The van der Waals surface area contributed by atoms with E-state index in [-0.39, 0.29) is 0 Å². The number of anilines is 2. The molecule has 0 saturated carbocycles. The maximum absolute atomic E-state index is 5.39. The molecule has 0 aliphatic carbocycles. The predicted octanol–water partition coefficient (Wildman–Crippen LogP) is 2.98. The third kappa shape index (κ3) is 3.64. The molecule has 0 unspecified atom stereocenters. The van der Waals surface area contributed by atoms with E-state index in [0.29, 0.717) is 17.9 Å². The zero-order chi connectivity index (χ0) is 18.6. The topological polar surface area (TPSA) is 84.4 Å². The quantitative estimate of drug-likeness (QED) is 0.420. The van der Waals surface area contributed by atoms with Gasteiger partial charge in [0.2, 0.25) is 0 Å².